The number of rotatable bonds is 2. The summed E-state index contributed by atoms with van der Waals surface area (Å²) in [5.41, 5.74) is -2.69. The molecule has 1 aromatic heterocycles. The van der Waals surface area contributed by atoms with Crippen LogP contribution in [0.5, 0.6) is 0 Å². The molecule has 0 atom stereocenters. The first-order chi connectivity index (χ1) is 11.1. The summed E-state index contributed by atoms with van der Waals surface area (Å²) in [5.74, 6) is -0.790. The Morgan fingerprint density at radius 2 is 1.83 bits per heavy atom. The van der Waals surface area contributed by atoms with Gasteiger partial charge < -0.3 is 4.74 Å². The number of methoxy groups -OCH3 is 1. The van der Waals surface area contributed by atoms with Gasteiger partial charge in [-0.1, -0.05) is 23.2 Å². The van der Waals surface area contributed by atoms with Crippen LogP contribution in [0.1, 0.15) is 16.1 Å². The Morgan fingerprint density at radius 1 is 1.21 bits per heavy atom. The van der Waals surface area contributed by atoms with Crippen LogP contribution in [0.3, 0.4) is 0 Å². The second-order valence-corrected chi connectivity index (χ2v) is 5.48. The molecule has 0 radical (unpaired) electrons. The van der Waals surface area contributed by atoms with E-state index in [0.29, 0.717) is 10.7 Å². The molecule has 0 unspecified atom stereocenters. The van der Waals surface area contributed by atoms with E-state index >= 15 is 0 Å². The zero-order valence-electron chi connectivity index (χ0n) is 12.2. The number of hydrogen-bond donors (Lipinski definition) is 0. The minimum absolute atomic E-state index is 0.0284. The summed E-state index contributed by atoms with van der Waals surface area (Å²) in [6.07, 6.45) is -4.74. The van der Waals surface area contributed by atoms with Gasteiger partial charge in [-0.25, -0.2) is 4.79 Å². The molecule has 0 saturated heterocycles. The first kappa shape index (κ1) is 18.3. The van der Waals surface area contributed by atoms with E-state index in [0.717, 1.165) is 20.2 Å². The first-order valence-electron chi connectivity index (χ1n) is 6.29. The lowest BCUT2D eigenvalue weighted by Crippen LogP contribution is -2.22. The molecule has 0 saturated carbocycles. The number of alkyl halides is 3. The zero-order valence-corrected chi connectivity index (χ0v) is 13.8. The molecule has 0 bridgehead atoms. The van der Waals surface area contributed by atoms with Crippen molar-refractivity contribution in [1.82, 2.24) is 9.78 Å². The predicted molar refractivity (Wildman–Crippen MR) is 81.3 cm³/mol. The monoisotopic (exact) mass is 380 g/mol. The molecule has 10 heteroatoms. The van der Waals surface area contributed by atoms with Gasteiger partial charge in [-0.15, -0.1) is 0 Å². The molecule has 0 spiro atoms. The molecule has 24 heavy (non-hydrogen) atoms. The number of aryl methyl sites for hydroxylation is 1. The van der Waals surface area contributed by atoms with E-state index in [4.69, 9.17) is 23.2 Å². The zero-order chi connectivity index (χ0) is 18.2. The van der Waals surface area contributed by atoms with Crippen molar-refractivity contribution in [1.29, 1.82) is 0 Å². The summed E-state index contributed by atoms with van der Waals surface area (Å²) < 4.78 is 43.5. The fourth-order valence-corrected chi connectivity index (χ4v) is 2.54. The number of benzene rings is 1. The summed E-state index contributed by atoms with van der Waals surface area (Å²) in [6.45, 7) is 0. The minimum atomic E-state index is -4.74. The molecule has 128 valence electrons. The Balaban J connectivity index is 2.71. The van der Waals surface area contributed by atoms with Crippen molar-refractivity contribution >= 4 is 29.2 Å². The van der Waals surface area contributed by atoms with Gasteiger partial charge in [0.05, 0.1) is 22.7 Å². The third kappa shape index (κ3) is 3.39. The van der Waals surface area contributed by atoms with E-state index in [1.54, 1.807) is 0 Å². The van der Waals surface area contributed by atoms with Gasteiger partial charge in [-0.2, -0.15) is 18.3 Å². The smallest absolute Gasteiger partial charge is 0.433 e. The van der Waals surface area contributed by atoms with Gasteiger partial charge in [0.15, 0.2) is 0 Å². The molecule has 0 aliphatic rings. The van der Waals surface area contributed by atoms with Crippen molar-refractivity contribution in [3.63, 3.8) is 0 Å². The normalized spacial score (nSPS) is 11.5. The lowest BCUT2D eigenvalue weighted by molar-refractivity contribution is -0.144. The summed E-state index contributed by atoms with van der Waals surface area (Å²) in [4.78, 5) is 23.7. The quantitative estimate of drug-likeness (QED) is 0.747. The van der Waals surface area contributed by atoms with Crippen molar-refractivity contribution < 1.29 is 22.7 Å². The minimum Gasteiger partial charge on any atom is -0.465 e. The van der Waals surface area contributed by atoms with Crippen LogP contribution in [-0.4, -0.2) is 22.9 Å². The molecule has 0 N–H and O–H groups in total. The Hall–Kier alpha value is -2.06. The van der Waals surface area contributed by atoms with Gasteiger partial charge in [0.25, 0.3) is 0 Å². The van der Waals surface area contributed by atoms with Gasteiger partial charge in [-0.05, 0) is 12.1 Å². The predicted octanol–water partition coefficient (Wildman–Crippen LogP) is 3.56. The average Bonchev–Trinajstić information content (AvgIpc) is 2.48. The van der Waals surface area contributed by atoms with Crippen LogP contribution in [0.25, 0.3) is 11.3 Å². The first-order valence-corrected chi connectivity index (χ1v) is 7.05. The molecule has 0 fully saturated rings. The standard InChI is InChI=1S/C14H9Cl2F3N2O3/c1-21-11(14(17,18)19)5-10(22)12(20-21)6-3-7(13(23)24-2)9(16)4-8(6)15/h3-5H,1-2H3. The molecule has 5 nitrogen and oxygen atoms in total. The van der Waals surface area contributed by atoms with E-state index in [2.05, 4.69) is 9.84 Å². The fourth-order valence-electron chi connectivity index (χ4n) is 1.99. The van der Waals surface area contributed by atoms with Crippen molar-refractivity contribution in [2.45, 2.75) is 6.18 Å². The van der Waals surface area contributed by atoms with E-state index in [1.165, 1.54) is 6.07 Å². The maximum atomic E-state index is 12.8. The van der Waals surface area contributed by atoms with Crippen molar-refractivity contribution in [3.05, 3.63) is 49.7 Å². The fraction of sp³-hybridized carbons (Fsp3) is 0.214. The number of ether oxygens (including phenoxy) is 1. The maximum Gasteiger partial charge on any atom is 0.433 e. The number of carbonyl (C=O) groups excluding carboxylic acids is 1. The molecular weight excluding hydrogens is 372 g/mol. The second-order valence-electron chi connectivity index (χ2n) is 4.67. The van der Waals surface area contributed by atoms with Crippen molar-refractivity contribution in [2.75, 3.05) is 7.11 Å². The number of aromatic nitrogens is 2. The maximum absolute atomic E-state index is 12.8. The SMILES string of the molecule is COC(=O)c1cc(-c2nn(C)c(C(F)(F)F)cc2=O)c(Cl)cc1Cl. The topological polar surface area (TPSA) is 61.2 Å². The van der Waals surface area contributed by atoms with E-state index in [1.807, 2.05) is 0 Å². The van der Waals surface area contributed by atoms with Gasteiger partial charge in [0.1, 0.15) is 11.4 Å². The highest BCUT2D eigenvalue weighted by molar-refractivity contribution is 6.38. The van der Waals surface area contributed by atoms with Crippen LogP contribution in [0.15, 0.2) is 23.0 Å². The average molecular weight is 381 g/mol. The van der Waals surface area contributed by atoms with Crippen LogP contribution in [0.2, 0.25) is 10.0 Å². The number of carbonyl (C=O) groups is 1. The molecule has 2 rings (SSSR count). The van der Waals surface area contributed by atoms with Crippen LogP contribution in [0.4, 0.5) is 13.2 Å². The van der Waals surface area contributed by atoms with Crippen LogP contribution < -0.4 is 5.43 Å². The summed E-state index contributed by atoms with van der Waals surface area (Å²) >= 11 is 11.9. The third-order valence-electron chi connectivity index (χ3n) is 3.11. The lowest BCUT2D eigenvalue weighted by Gasteiger charge is -2.13. The lowest BCUT2D eigenvalue weighted by atomic mass is 10.1. The molecule has 0 amide bonds. The molecule has 0 aliphatic carbocycles. The Bertz CT molecular complexity index is 879. The molecule has 1 heterocycles. The second kappa shape index (κ2) is 6.45. The number of nitrogens with zero attached hydrogens (tertiary/aromatic N) is 2. The number of esters is 1. The van der Waals surface area contributed by atoms with Crippen LogP contribution in [0, 0.1) is 0 Å². The summed E-state index contributed by atoms with van der Waals surface area (Å²) in [6, 6.07) is 2.74. The van der Waals surface area contributed by atoms with E-state index in [9.17, 15) is 22.8 Å². The largest absolute Gasteiger partial charge is 0.465 e. The summed E-state index contributed by atoms with van der Waals surface area (Å²) in [5, 5.41) is 3.56. The van der Waals surface area contributed by atoms with Gasteiger partial charge in [-0.3, -0.25) is 9.48 Å². The molecular formula is C14H9Cl2F3N2O3. The third-order valence-corrected chi connectivity index (χ3v) is 3.73. The Morgan fingerprint density at radius 3 is 2.38 bits per heavy atom. The van der Waals surface area contributed by atoms with Crippen LogP contribution in [-0.2, 0) is 18.0 Å². The highest BCUT2D eigenvalue weighted by Crippen LogP contribution is 2.32. The van der Waals surface area contributed by atoms with Gasteiger partial charge in [0.2, 0.25) is 5.43 Å². The Kier molecular flexibility index (Phi) is 4.91. The highest BCUT2D eigenvalue weighted by Gasteiger charge is 2.34. The van der Waals surface area contributed by atoms with Crippen molar-refractivity contribution in [3.8, 4) is 11.3 Å². The van der Waals surface area contributed by atoms with Crippen LogP contribution >= 0.6 is 23.2 Å². The number of hydrogen-bond acceptors (Lipinski definition) is 4. The molecule has 1 aromatic carbocycles. The van der Waals surface area contributed by atoms with Crippen molar-refractivity contribution in [2.24, 2.45) is 7.05 Å². The highest BCUT2D eigenvalue weighted by atomic mass is 35.5. The van der Waals surface area contributed by atoms with E-state index in [-0.39, 0.29) is 26.9 Å². The number of halogens is 5. The Labute approximate surface area is 143 Å². The molecule has 2 aromatic rings. The molecule has 0 aliphatic heterocycles. The van der Waals surface area contributed by atoms with Gasteiger partial charge in [0, 0.05) is 18.7 Å². The van der Waals surface area contributed by atoms with Gasteiger partial charge >= 0.3 is 12.1 Å². The van der Waals surface area contributed by atoms with E-state index < -0.39 is 23.3 Å². The summed E-state index contributed by atoms with van der Waals surface area (Å²) in [7, 11) is 2.17.